The van der Waals surface area contributed by atoms with Gasteiger partial charge in [0.25, 0.3) is 0 Å². The number of hydrogen-bond acceptors (Lipinski definition) is 4. The number of furan rings is 1. The number of nitriles is 1. The van der Waals surface area contributed by atoms with Crippen LogP contribution in [0.5, 0.6) is 0 Å². The zero-order valence-electron chi connectivity index (χ0n) is 10.7. The molecule has 1 heterocycles. The van der Waals surface area contributed by atoms with Gasteiger partial charge in [-0.3, -0.25) is 5.32 Å². The molecule has 2 rings (SSSR count). The van der Waals surface area contributed by atoms with Crippen molar-refractivity contribution in [3.8, 4) is 6.07 Å². The summed E-state index contributed by atoms with van der Waals surface area (Å²) in [5, 5.41) is 21.6. The standard InChI is InChI=1S/C15H16N2O2/c1-11(13-5-2-4-12(8-13)9-16)17-14(10-18)15-6-3-7-19-15/h2-8,11,14,17-18H,10H2,1H3. The van der Waals surface area contributed by atoms with Crippen molar-refractivity contribution in [2.24, 2.45) is 0 Å². The summed E-state index contributed by atoms with van der Waals surface area (Å²) in [4.78, 5) is 0. The zero-order chi connectivity index (χ0) is 13.7. The van der Waals surface area contributed by atoms with Crippen LogP contribution in [-0.2, 0) is 0 Å². The lowest BCUT2D eigenvalue weighted by Gasteiger charge is -2.20. The molecule has 0 amide bonds. The molecular formula is C15H16N2O2. The van der Waals surface area contributed by atoms with Crippen molar-refractivity contribution >= 4 is 0 Å². The molecule has 2 N–H and O–H groups in total. The van der Waals surface area contributed by atoms with Crippen LogP contribution in [0.2, 0.25) is 0 Å². The van der Waals surface area contributed by atoms with E-state index in [1.165, 1.54) is 0 Å². The Morgan fingerprint density at radius 2 is 2.21 bits per heavy atom. The Kier molecular flexibility index (Phi) is 4.35. The summed E-state index contributed by atoms with van der Waals surface area (Å²) in [6, 6.07) is 12.9. The van der Waals surface area contributed by atoms with E-state index in [-0.39, 0.29) is 18.7 Å². The summed E-state index contributed by atoms with van der Waals surface area (Å²) >= 11 is 0. The number of nitrogens with one attached hydrogen (secondary N) is 1. The smallest absolute Gasteiger partial charge is 0.123 e. The van der Waals surface area contributed by atoms with E-state index in [9.17, 15) is 5.11 Å². The van der Waals surface area contributed by atoms with Crippen molar-refractivity contribution in [2.45, 2.75) is 19.0 Å². The average molecular weight is 256 g/mol. The Morgan fingerprint density at radius 1 is 1.37 bits per heavy atom. The molecule has 0 saturated heterocycles. The summed E-state index contributed by atoms with van der Waals surface area (Å²) < 4.78 is 5.29. The lowest BCUT2D eigenvalue weighted by Crippen LogP contribution is -2.27. The third-order valence-electron chi connectivity index (χ3n) is 3.04. The van der Waals surface area contributed by atoms with Gasteiger partial charge in [-0.2, -0.15) is 5.26 Å². The van der Waals surface area contributed by atoms with Gasteiger partial charge in [0.2, 0.25) is 0 Å². The zero-order valence-corrected chi connectivity index (χ0v) is 10.7. The van der Waals surface area contributed by atoms with Crippen LogP contribution in [0.3, 0.4) is 0 Å². The third kappa shape index (κ3) is 3.22. The molecule has 2 unspecified atom stereocenters. The van der Waals surface area contributed by atoms with Crippen molar-refractivity contribution < 1.29 is 9.52 Å². The van der Waals surface area contributed by atoms with Crippen LogP contribution in [-0.4, -0.2) is 11.7 Å². The Labute approximate surface area is 112 Å². The lowest BCUT2D eigenvalue weighted by molar-refractivity contribution is 0.217. The van der Waals surface area contributed by atoms with Crippen LogP contribution >= 0.6 is 0 Å². The molecule has 0 spiro atoms. The molecule has 98 valence electrons. The molecular weight excluding hydrogens is 240 g/mol. The number of aliphatic hydroxyl groups excluding tert-OH is 1. The van der Waals surface area contributed by atoms with Crippen LogP contribution in [0.25, 0.3) is 0 Å². The predicted molar refractivity (Wildman–Crippen MR) is 71.2 cm³/mol. The predicted octanol–water partition coefficient (Wildman–Crippen LogP) is 2.54. The van der Waals surface area contributed by atoms with Crippen LogP contribution < -0.4 is 5.32 Å². The molecule has 1 aromatic heterocycles. The summed E-state index contributed by atoms with van der Waals surface area (Å²) in [5.41, 5.74) is 1.63. The minimum absolute atomic E-state index is 0.00977. The van der Waals surface area contributed by atoms with Gasteiger partial charge < -0.3 is 9.52 Å². The Balaban J connectivity index is 2.11. The van der Waals surface area contributed by atoms with Crippen LogP contribution in [0.4, 0.5) is 0 Å². The lowest BCUT2D eigenvalue weighted by atomic mass is 10.0. The first-order valence-corrected chi connectivity index (χ1v) is 6.15. The normalized spacial score (nSPS) is 13.7. The highest BCUT2D eigenvalue weighted by Gasteiger charge is 2.16. The van der Waals surface area contributed by atoms with Gasteiger partial charge in [-0.05, 0) is 36.8 Å². The van der Waals surface area contributed by atoms with Crippen molar-refractivity contribution in [2.75, 3.05) is 6.61 Å². The molecule has 4 nitrogen and oxygen atoms in total. The number of nitrogens with zero attached hydrogens (tertiary/aromatic N) is 1. The second kappa shape index (κ2) is 6.19. The molecule has 1 aromatic carbocycles. The number of hydrogen-bond donors (Lipinski definition) is 2. The number of benzene rings is 1. The average Bonchev–Trinajstić information content (AvgIpc) is 2.98. The van der Waals surface area contributed by atoms with Crippen LogP contribution in [0.1, 0.15) is 35.9 Å². The molecule has 2 aromatic rings. The van der Waals surface area contributed by atoms with E-state index in [0.717, 1.165) is 5.56 Å². The monoisotopic (exact) mass is 256 g/mol. The van der Waals surface area contributed by atoms with Crippen molar-refractivity contribution in [3.63, 3.8) is 0 Å². The second-order valence-corrected chi connectivity index (χ2v) is 4.38. The maximum atomic E-state index is 9.42. The quantitative estimate of drug-likeness (QED) is 0.862. The highest BCUT2D eigenvalue weighted by atomic mass is 16.3. The highest BCUT2D eigenvalue weighted by molar-refractivity contribution is 5.34. The second-order valence-electron chi connectivity index (χ2n) is 4.38. The van der Waals surface area contributed by atoms with Crippen LogP contribution in [0, 0.1) is 11.3 Å². The molecule has 0 saturated carbocycles. The molecule has 0 radical (unpaired) electrons. The van der Waals surface area contributed by atoms with Gasteiger partial charge in [-0.1, -0.05) is 12.1 Å². The fourth-order valence-corrected chi connectivity index (χ4v) is 1.99. The van der Waals surface area contributed by atoms with Gasteiger partial charge in [0.15, 0.2) is 0 Å². The fourth-order valence-electron chi connectivity index (χ4n) is 1.99. The largest absolute Gasteiger partial charge is 0.468 e. The van der Waals surface area contributed by atoms with Gasteiger partial charge in [-0.15, -0.1) is 0 Å². The van der Waals surface area contributed by atoms with Gasteiger partial charge >= 0.3 is 0 Å². The summed E-state index contributed by atoms with van der Waals surface area (Å²) in [5.74, 6) is 0.700. The first-order valence-electron chi connectivity index (χ1n) is 6.15. The number of aliphatic hydroxyl groups is 1. The van der Waals surface area contributed by atoms with E-state index in [1.54, 1.807) is 18.4 Å². The van der Waals surface area contributed by atoms with E-state index < -0.39 is 0 Å². The number of rotatable bonds is 5. The van der Waals surface area contributed by atoms with E-state index in [0.29, 0.717) is 11.3 Å². The molecule has 4 heteroatoms. The highest BCUT2D eigenvalue weighted by Crippen LogP contribution is 2.20. The first kappa shape index (κ1) is 13.3. The molecule has 0 fully saturated rings. The van der Waals surface area contributed by atoms with Gasteiger partial charge in [0.05, 0.1) is 30.5 Å². The van der Waals surface area contributed by atoms with E-state index in [2.05, 4.69) is 11.4 Å². The minimum atomic E-state index is -0.254. The Morgan fingerprint density at radius 3 is 2.84 bits per heavy atom. The van der Waals surface area contributed by atoms with Crippen LogP contribution in [0.15, 0.2) is 47.1 Å². The fraction of sp³-hybridized carbons (Fsp3) is 0.267. The van der Waals surface area contributed by atoms with Gasteiger partial charge in [0, 0.05) is 6.04 Å². The SMILES string of the molecule is CC(NC(CO)c1ccco1)c1cccc(C#N)c1. The molecule has 0 aliphatic rings. The molecule has 0 aliphatic heterocycles. The molecule has 0 bridgehead atoms. The molecule has 19 heavy (non-hydrogen) atoms. The van der Waals surface area contributed by atoms with Crippen molar-refractivity contribution in [1.29, 1.82) is 5.26 Å². The molecule has 0 aliphatic carbocycles. The van der Waals surface area contributed by atoms with Gasteiger partial charge in [0.1, 0.15) is 5.76 Å². The van der Waals surface area contributed by atoms with Crippen molar-refractivity contribution in [1.82, 2.24) is 5.32 Å². The van der Waals surface area contributed by atoms with E-state index in [1.807, 2.05) is 31.2 Å². The summed E-state index contributed by atoms with van der Waals surface area (Å²) in [6.07, 6.45) is 1.58. The Hall–Kier alpha value is -2.09. The van der Waals surface area contributed by atoms with E-state index in [4.69, 9.17) is 9.68 Å². The maximum Gasteiger partial charge on any atom is 0.123 e. The first-order chi connectivity index (χ1) is 9.24. The van der Waals surface area contributed by atoms with E-state index >= 15 is 0 Å². The third-order valence-corrected chi connectivity index (χ3v) is 3.04. The molecule has 2 atom stereocenters. The van der Waals surface area contributed by atoms with Crippen molar-refractivity contribution in [3.05, 3.63) is 59.5 Å². The summed E-state index contributed by atoms with van der Waals surface area (Å²) in [7, 11) is 0. The Bertz CT molecular complexity index is 558. The summed E-state index contributed by atoms with van der Waals surface area (Å²) in [6.45, 7) is 1.94. The maximum absolute atomic E-state index is 9.42. The minimum Gasteiger partial charge on any atom is -0.468 e. The van der Waals surface area contributed by atoms with Gasteiger partial charge in [-0.25, -0.2) is 0 Å². The topological polar surface area (TPSA) is 69.2 Å².